The van der Waals surface area contributed by atoms with Crippen LogP contribution in [0.2, 0.25) is 0 Å². The minimum Gasteiger partial charge on any atom is -0.486 e. The van der Waals surface area contributed by atoms with Crippen LogP contribution in [0.1, 0.15) is 25.3 Å². The summed E-state index contributed by atoms with van der Waals surface area (Å²) in [6.45, 7) is 3.76. The van der Waals surface area contributed by atoms with E-state index in [0.717, 1.165) is 24.7 Å². The second kappa shape index (κ2) is 7.21. The van der Waals surface area contributed by atoms with Gasteiger partial charge in [0.05, 0.1) is 12.8 Å². The fourth-order valence-corrected chi connectivity index (χ4v) is 3.99. The lowest BCUT2D eigenvalue weighted by molar-refractivity contribution is -0.131. The molecule has 138 valence electrons. The first-order valence-electron chi connectivity index (χ1n) is 8.51. The van der Waals surface area contributed by atoms with Gasteiger partial charge in [0.2, 0.25) is 15.9 Å². The number of rotatable bonds is 7. The number of hydrogen-bond acceptors (Lipinski definition) is 5. The second-order valence-electron chi connectivity index (χ2n) is 6.43. The maximum absolute atomic E-state index is 12.6. The lowest BCUT2D eigenvalue weighted by Gasteiger charge is -2.26. The normalized spacial score (nSPS) is 16.8. The monoisotopic (exact) mass is 368 g/mol. The Morgan fingerprint density at radius 3 is 2.48 bits per heavy atom. The van der Waals surface area contributed by atoms with Gasteiger partial charge >= 0.3 is 0 Å². The molecule has 1 aromatic rings. The summed E-state index contributed by atoms with van der Waals surface area (Å²) in [4.78, 5) is 14.3. The van der Waals surface area contributed by atoms with Gasteiger partial charge in [-0.1, -0.05) is 6.07 Å². The van der Waals surface area contributed by atoms with Crippen LogP contribution in [0.4, 0.5) is 0 Å². The van der Waals surface area contributed by atoms with E-state index in [0.29, 0.717) is 37.8 Å². The molecule has 0 bridgehead atoms. The van der Waals surface area contributed by atoms with Crippen molar-refractivity contribution >= 4 is 15.9 Å². The summed E-state index contributed by atoms with van der Waals surface area (Å²) in [5.41, 5.74) is 0.928. The fourth-order valence-electron chi connectivity index (χ4n) is 2.90. The number of likely N-dealkylation sites (N-methyl/N-ethyl adjacent to an activating group) is 1. The Kier molecular flexibility index (Phi) is 5.19. The number of benzene rings is 1. The Bertz CT molecular complexity index is 745. The van der Waals surface area contributed by atoms with Crippen LogP contribution in [0.3, 0.4) is 0 Å². The van der Waals surface area contributed by atoms with Crippen LogP contribution in [0, 0.1) is 0 Å². The minimum atomic E-state index is -3.37. The van der Waals surface area contributed by atoms with Gasteiger partial charge < -0.3 is 14.4 Å². The van der Waals surface area contributed by atoms with Gasteiger partial charge in [0.1, 0.15) is 13.2 Å². The van der Waals surface area contributed by atoms with Crippen LogP contribution in [-0.2, 0) is 21.4 Å². The molecule has 3 rings (SSSR count). The number of sulfonamides is 1. The first kappa shape index (κ1) is 18.0. The first-order chi connectivity index (χ1) is 11.9. The number of carbonyl (C=O) groups is 1. The van der Waals surface area contributed by atoms with Gasteiger partial charge in [0, 0.05) is 19.1 Å². The van der Waals surface area contributed by atoms with Crippen molar-refractivity contribution in [2.45, 2.75) is 32.4 Å². The van der Waals surface area contributed by atoms with Crippen molar-refractivity contribution in [3.8, 4) is 11.5 Å². The molecule has 7 nitrogen and oxygen atoms in total. The van der Waals surface area contributed by atoms with Gasteiger partial charge in [0.15, 0.2) is 11.5 Å². The van der Waals surface area contributed by atoms with Crippen LogP contribution < -0.4 is 9.47 Å². The molecular formula is C17H24N2O5S. The molecule has 0 unspecified atom stereocenters. The molecule has 1 heterocycles. The highest BCUT2D eigenvalue weighted by molar-refractivity contribution is 7.88. The molecule has 8 heteroatoms. The van der Waals surface area contributed by atoms with E-state index in [1.165, 1.54) is 4.31 Å². The Balaban J connectivity index is 1.68. The first-order valence-corrected chi connectivity index (χ1v) is 10.4. The van der Waals surface area contributed by atoms with Crippen molar-refractivity contribution in [3.63, 3.8) is 0 Å². The Morgan fingerprint density at radius 2 is 1.88 bits per heavy atom. The number of carbonyl (C=O) groups excluding carboxylic acids is 1. The van der Waals surface area contributed by atoms with E-state index in [1.54, 1.807) is 4.90 Å². The van der Waals surface area contributed by atoms with Crippen LogP contribution in [0.5, 0.6) is 11.5 Å². The molecule has 25 heavy (non-hydrogen) atoms. The molecule has 1 aromatic carbocycles. The maximum Gasteiger partial charge on any atom is 0.238 e. The number of fused-ring (bicyclic) bond motifs is 1. The predicted molar refractivity (Wildman–Crippen MR) is 93.1 cm³/mol. The largest absolute Gasteiger partial charge is 0.486 e. The second-order valence-corrected chi connectivity index (χ2v) is 8.36. The van der Waals surface area contributed by atoms with E-state index in [1.807, 2.05) is 25.1 Å². The zero-order valence-corrected chi connectivity index (χ0v) is 15.4. The zero-order chi connectivity index (χ0) is 18.0. The SMILES string of the molecule is CCN(Cc1ccc2c(c1)OCCO2)C(=O)CN(C1CC1)S(C)(=O)=O. The molecule has 2 aliphatic rings. The molecule has 0 atom stereocenters. The van der Waals surface area contributed by atoms with Gasteiger partial charge in [-0.05, 0) is 37.5 Å². The third-order valence-corrected chi connectivity index (χ3v) is 5.66. The highest BCUT2D eigenvalue weighted by Crippen LogP contribution is 2.31. The number of amides is 1. The molecule has 1 amide bonds. The van der Waals surface area contributed by atoms with Crippen molar-refractivity contribution in [2.75, 3.05) is 32.6 Å². The zero-order valence-electron chi connectivity index (χ0n) is 14.6. The third-order valence-electron chi connectivity index (χ3n) is 4.39. The minimum absolute atomic E-state index is 0.0213. The number of ether oxygens (including phenoxy) is 2. The topological polar surface area (TPSA) is 76.2 Å². The summed E-state index contributed by atoms with van der Waals surface area (Å²) >= 11 is 0. The molecule has 0 radical (unpaired) electrons. The molecule has 0 N–H and O–H groups in total. The summed E-state index contributed by atoms with van der Waals surface area (Å²) in [5, 5.41) is 0. The Hall–Kier alpha value is -1.80. The average Bonchev–Trinajstić information content (AvgIpc) is 3.40. The Morgan fingerprint density at radius 1 is 1.20 bits per heavy atom. The van der Waals surface area contributed by atoms with Crippen molar-refractivity contribution < 1.29 is 22.7 Å². The molecule has 1 saturated carbocycles. The van der Waals surface area contributed by atoms with Gasteiger partial charge in [0.25, 0.3) is 0 Å². The van der Waals surface area contributed by atoms with E-state index in [-0.39, 0.29) is 18.5 Å². The summed E-state index contributed by atoms with van der Waals surface area (Å²) in [5.74, 6) is 1.21. The van der Waals surface area contributed by atoms with Gasteiger partial charge in [-0.3, -0.25) is 4.79 Å². The van der Waals surface area contributed by atoms with Crippen LogP contribution >= 0.6 is 0 Å². The summed E-state index contributed by atoms with van der Waals surface area (Å²) in [7, 11) is -3.37. The standard InChI is InChI=1S/C17H24N2O5S/c1-3-18(17(20)12-19(14-5-6-14)25(2,21)22)11-13-4-7-15-16(10-13)24-9-8-23-15/h4,7,10,14H,3,5-6,8-9,11-12H2,1-2H3. The lowest BCUT2D eigenvalue weighted by Crippen LogP contribution is -2.43. The van der Waals surface area contributed by atoms with E-state index in [9.17, 15) is 13.2 Å². The third kappa shape index (κ3) is 4.43. The highest BCUT2D eigenvalue weighted by Gasteiger charge is 2.36. The molecule has 1 aliphatic heterocycles. The predicted octanol–water partition coefficient (Wildman–Crippen LogP) is 1.23. The molecule has 1 fully saturated rings. The summed E-state index contributed by atoms with van der Waals surface area (Å²) < 4.78 is 36.2. The Labute approximate surface area is 148 Å². The molecule has 0 saturated heterocycles. The average molecular weight is 368 g/mol. The molecular weight excluding hydrogens is 344 g/mol. The van der Waals surface area contributed by atoms with Crippen molar-refractivity contribution in [1.29, 1.82) is 0 Å². The lowest BCUT2D eigenvalue weighted by atomic mass is 10.1. The summed E-state index contributed by atoms with van der Waals surface area (Å²) in [6, 6.07) is 5.60. The van der Waals surface area contributed by atoms with Crippen LogP contribution in [0.25, 0.3) is 0 Å². The van der Waals surface area contributed by atoms with Gasteiger partial charge in [-0.2, -0.15) is 4.31 Å². The van der Waals surface area contributed by atoms with Crippen molar-refractivity contribution in [1.82, 2.24) is 9.21 Å². The van der Waals surface area contributed by atoms with Gasteiger partial charge in [-0.15, -0.1) is 0 Å². The fraction of sp³-hybridized carbons (Fsp3) is 0.588. The summed E-state index contributed by atoms with van der Waals surface area (Å²) in [6.07, 6.45) is 2.82. The van der Waals surface area contributed by atoms with Crippen LogP contribution in [0.15, 0.2) is 18.2 Å². The van der Waals surface area contributed by atoms with Crippen molar-refractivity contribution in [3.05, 3.63) is 23.8 Å². The van der Waals surface area contributed by atoms with Crippen molar-refractivity contribution in [2.24, 2.45) is 0 Å². The van der Waals surface area contributed by atoms with Gasteiger partial charge in [-0.25, -0.2) is 8.42 Å². The van der Waals surface area contributed by atoms with E-state index >= 15 is 0 Å². The molecule has 1 aliphatic carbocycles. The number of hydrogen-bond donors (Lipinski definition) is 0. The quantitative estimate of drug-likeness (QED) is 0.724. The van der Waals surface area contributed by atoms with Crippen LogP contribution in [-0.4, -0.2) is 62.1 Å². The van der Waals surface area contributed by atoms with E-state index in [4.69, 9.17) is 9.47 Å². The smallest absolute Gasteiger partial charge is 0.238 e. The number of nitrogens with zero attached hydrogens (tertiary/aromatic N) is 2. The molecule has 0 aromatic heterocycles. The van der Waals surface area contributed by atoms with E-state index in [2.05, 4.69) is 0 Å². The van der Waals surface area contributed by atoms with E-state index < -0.39 is 10.0 Å². The molecule has 0 spiro atoms. The highest BCUT2D eigenvalue weighted by atomic mass is 32.2. The maximum atomic E-state index is 12.6.